The van der Waals surface area contributed by atoms with E-state index in [4.69, 9.17) is 4.42 Å². The van der Waals surface area contributed by atoms with Gasteiger partial charge in [0.2, 0.25) is 5.91 Å². The molecular weight excluding hydrogens is 204 g/mol. The Labute approximate surface area is 96.4 Å². The molecule has 0 saturated carbocycles. The molecular formula is C12H20N2O2. The van der Waals surface area contributed by atoms with Crippen LogP contribution in [0.25, 0.3) is 0 Å². The van der Waals surface area contributed by atoms with Gasteiger partial charge in [0.05, 0.1) is 18.8 Å². The van der Waals surface area contributed by atoms with Crippen LogP contribution in [0.1, 0.15) is 32.6 Å². The summed E-state index contributed by atoms with van der Waals surface area (Å²) in [5, 5.41) is 5.95. The van der Waals surface area contributed by atoms with Crippen LogP contribution in [0.2, 0.25) is 0 Å². The number of hydrogen-bond acceptors (Lipinski definition) is 3. The Bertz CT molecular complexity index is 307. The molecule has 1 heterocycles. The minimum absolute atomic E-state index is 0.0205. The molecule has 0 aliphatic carbocycles. The second-order valence-corrected chi connectivity index (χ2v) is 4.32. The van der Waals surface area contributed by atoms with Crippen LogP contribution in [0.3, 0.4) is 0 Å². The van der Waals surface area contributed by atoms with Crippen LogP contribution in [0.15, 0.2) is 22.8 Å². The van der Waals surface area contributed by atoms with Gasteiger partial charge in [-0.3, -0.25) is 10.1 Å². The lowest BCUT2D eigenvalue weighted by atomic mass is 10.2. The molecule has 1 rings (SSSR count). The molecule has 4 nitrogen and oxygen atoms in total. The first-order valence-electron chi connectivity index (χ1n) is 5.63. The summed E-state index contributed by atoms with van der Waals surface area (Å²) in [6.45, 7) is 7.14. The van der Waals surface area contributed by atoms with Gasteiger partial charge in [0.25, 0.3) is 0 Å². The molecule has 0 radical (unpaired) electrons. The summed E-state index contributed by atoms with van der Waals surface area (Å²) in [5.41, 5.74) is 0. The second kappa shape index (κ2) is 6.33. The summed E-state index contributed by atoms with van der Waals surface area (Å²) in [6.07, 6.45) is 1.63. The van der Waals surface area contributed by atoms with Gasteiger partial charge in [-0.1, -0.05) is 13.8 Å². The quantitative estimate of drug-likeness (QED) is 0.773. The monoisotopic (exact) mass is 224 g/mol. The Balaban J connectivity index is 2.21. The molecule has 0 aromatic carbocycles. The van der Waals surface area contributed by atoms with E-state index >= 15 is 0 Å². The minimum atomic E-state index is 0.0205. The predicted octanol–water partition coefficient (Wildman–Crippen LogP) is 1.70. The molecule has 16 heavy (non-hydrogen) atoms. The van der Waals surface area contributed by atoms with E-state index in [1.807, 2.05) is 19.1 Å². The third kappa shape index (κ3) is 4.49. The number of hydrogen-bond donors (Lipinski definition) is 2. The van der Waals surface area contributed by atoms with Gasteiger partial charge in [-0.25, -0.2) is 0 Å². The average molecular weight is 224 g/mol. The molecule has 1 atom stereocenters. The zero-order chi connectivity index (χ0) is 12.0. The first-order chi connectivity index (χ1) is 7.59. The number of carbonyl (C=O) groups excluding carboxylic acids is 1. The van der Waals surface area contributed by atoms with Gasteiger partial charge in [-0.05, 0) is 25.0 Å². The molecule has 0 bridgehead atoms. The average Bonchev–Trinajstić information content (AvgIpc) is 2.76. The fourth-order valence-corrected chi connectivity index (χ4v) is 1.26. The molecule has 0 fully saturated rings. The van der Waals surface area contributed by atoms with Crippen molar-refractivity contribution >= 4 is 5.91 Å². The van der Waals surface area contributed by atoms with Crippen LogP contribution >= 0.6 is 0 Å². The molecule has 90 valence electrons. The van der Waals surface area contributed by atoms with Crippen LogP contribution < -0.4 is 10.6 Å². The van der Waals surface area contributed by atoms with Crippen molar-refractivity contribution in [1.82, 2.24) is 10.6 Å². The standard InChI is InChI=1S/C12H20N2O2/c1-9(2)7-14-12(15)8-13-10(3)11-5-4-6-16-11/h4-6,9-10,13H,7-8H2,1-3H3,(H,14,15)/t10-/m0/s1. The first kappa shape index (κ1) is 12.8. The second-order valence-electron chi connectivity index (χ2n) is 4.32. The molecule has 0 aliphatic heterocycles. The minimum Gasteiger partial charge on any atom is -0.468 e. The molecule has 1 aromatic heterocycles. The van der Waals surface area contributed by atoms with Gasteiger partial charge in [-0.2, -0.15) is 0 Å². The molecule has 4 heteroatoms. The fraction of sp³-hybridized carbons (Fsp3) is 0.583. The van der Waals surface area contributed by atoms with Crippen molar-refractivity contribution < 1.29 is 9.21 Å². The third-order valence-electron chi connectivity index (χ3n) is 2.25. The molecule has 1 aromatic rings. The summed E-state index contributed by atoms with van der Waals surface area (Å²) in [4.78, 5) is 11.4. The van der Waals surface area contributed by atoms with Gasteiger partial charge in [0.15, 0.2) is 0 Å². The Morgan fingerprint density at radius 3 is 2.75 bits per heavy atom. The summed E-state index contributed by atoms with van der Waals surface area (Å²) < 4.78 is 5.23. The van der Waals surface area contributed by atoms with E-state index < -0.39 is 0 Å². The van der Waals surface area contributed by atoms with Gasteiger partial charge in [-0.15, -0.1) is 0 Å². The first-order valence-corrected chi connectivity index (χ1v) is 5.63. The Hall–Kier alpha value is -1.29. The summed E-state index contributed by atoms with van der Waals surface area (Å²) in [5.74, 6) is 1.34. The fourth-order valence-electron chi connectivity index (χ4n) is 1.26. The van der Waals surface area contributed by atoms with Gasteiger partial charge in [0, 0.05) is 6.54 Å². The van der Waals surface area contributed by atoms with Crippen LogP contribution in [0.4, 0.5) is 0 Å². The number of nitrogens with one attached hydrogen (secondary N) is 2. The number of rotatable bonds is 6. The lowest BCUT2D eigenvalue weighted by Crippen LogP contribution is -2.36. The normalized spacial score (nSPS) is 12.8. The Morgan fingerprint density at radius 1 is 1.44 bits per heavy atom. The van der Waals surface area contributed by atoms with E-state index in [9.17, 15) is 4.79 Å². The number of amides is 1. The maximum Gasteiger partial charge on any atom is 0.233 e. The van der Waals surface area contributed by atoms with Crippen molar-refractivity contribution in [2.45, 2.75) is 26.8 Å². The molecule has 2 N–H and O–H groups in total. The highest BCUT2D eigenvalue weighted by Gasteiger charge is 2.09. The van der Waals surface area contributed by atoms with E-state index in [0.29, 0.717) is 12.5 Å². The zero-order valence-corrected chi connectivity index (χ0v) is 10.1. The van der Waals surface area contributed by atoms with Crippen molar-refractivity contribution in [1.29, 1.82) is 0 Å². The van der Waals surface area contributed by atoms with Crippen molar-refractivity contribution in [3.63, 3.8) is 0 Å². The van der Waals surface area contributed by atoms with E-state index in [-0.39, 0.29) is 11.9 Å². The highest BCUT2D eigenvalue weighted by Crippen LogP contribution is 2.11. The van der Waals surface area contributed by atoms with E-state index in [1.54, 1.807) is 6.26 Å². The summed E-state index contributed by atoms with van der Waals surface area (Å²) in [7, 11) is 0. The molecule has 1 amide bonds. The van der Waals surface area contributed by atoms with E-state index in [1.165, 1.54) is 0 Å². The lowest BCUT2D eigenvalue weighted by molar-refractivity contribution is -0.120. The van der Waals surface area contributed by atoms with E-state index in [0.717, 1.165) is 12.3 Å². The Morgan fingerprint density at radius 2 is 2.19 bits per heavy atom. The topological polar surface area (TPSA) is 54.3 Å². The summed E-state index contributed by atoms with van der Waals surface area (Å²) >= 11 is 0. The third-order valence-corrected chi connectivity index (χ3v) is 2.25. The van der Waals surface area contributed by atoms with Crippen molar-refractivity contribution in [3.8, 4) is 0 Å². The maximum absolute atomic E-state index is 11.4. The van der Waals surface area contributed by atoms with E-state index in [2.05, 4.69) is 24.5 Å². The maximum atomic E-state index is 11.4. The smallest absolute Gasteiger partial charge is 0.233 e. The summed E-state index contributed by atoms with van der Waals surface area (Å²) in [6, 6.07) is 3.79. The predicted molar refractivity (Wildman–Crippen MR) is 63.0 cm³/mol. The van der Waals surface area contributed by atoms with Gasteiger partial charge < -0.3 is 9.73 Å². The zero-order valence-electron chi connectivity index (χ0n) is 10.1. The SMILES string of the molecule is CC(C)CNC(=O)CN[C@@H](C)c1ccco1. The highest BCUT2D eigenvalue weighted by molar-refractivity contribution is 5.77. The molecule has 0 aliphatic rings. The van der Waals surface area contributed by atoms with Gasteiger partial charge in [0.1, 0.15) is 5.76 Å². The van der Waals surface area contributed by atoms with Crippen molar-refractivity contribution in [3.05, 3.63) is 24.2 Å². The highest BCUT2D eigenvalue weighted by atomic mass is 16.3. The van der Waals surface area contributed by atoms with Crippen LogP contribution in [0.5, 0.6) is 0 Å². The molecule has 0 spiro atoms. The van der Waals surface area contributed by atoms with Crippen molar-refractivity contribution in [2.24, 2.45) is 5.92 Å². The Kier molecular flexibility index (Phi) is 5.05. The molecule has 0 unspecified atom stereocenters. The van der Waals surface area contributed by atoms with Crippen LogP contribution in [-0.4, -0.2) is 19.0 Å². The number of carbonyl (C=O) groups is 1. The lowest BCUT2D eigenvalue weighted by Gasteiger charge is -2.12. The number of furan rings is 1. The van der Waals surface area contributed by atoms with Crippen LogP contribution in [-0.2, 0) is 4.79 Å². The van der Waals surface area contributed by atoms with Crippen LogP contribution in [0, 0.1) is 5.92 Å². The largest absolute Gasteiger partial charge is 0.468 e. The molecule has 0 saturated heterocycles. The van der Waals surface area contributed by atoms with Gasteiger partial charge >= 0.3 is 0 Å². The van der Waals surface area contributed by atoms with Crippen molar-refractivity contribution in [2.75, 3.05) is 13.1 Å².